The number of nitrogens with zero attached hydrogens (tertiary/aromatic N) is 1. The summed E-state index contributed by atoms with van der Waals surface area (Å²) in [4.78, 5) is 11.0. The van der Waals surface area contributed by atoms with E-state index in [2.05, 4.69) is 0 Å². The van der Waals surface area contributed by atoms with Crippen molar-refractivity contribution in [2.45, 2.75) is 9.79 Å². The Balaban J connectivity index is 2.40. The summed E-state index contributed by atoms with van der Waals surface area (Å²) in [6, 6.07) is 7.76. The highest BCUT2D eigenvalue weighted by molar-refractivity contribution is 7.99. The summed E-state index contributed by atoms with van der Waals surface area (Å²) in [5.41, 5.74) is 5.33. The normalized spacial score (nSPS) is 10.4. The lowest BCUT2D eigenvalue weighted by Gasteiger charge is -2.05. The lowest BCUT2D eigenvalue weighted by atomic mass is 10.3. The summed E-state index contributed by atoms with van der Waals surface area (Å²) < 4.78 is 25.9. The van der Waals surface area contributed by atoms with Crippen molar-refractivity contribution in [1.82, 2.24) is 0 Å². The largest absolute Gasteiger partial charge is 0.393 e. The molecule has 0 saturated carbocycles. The number of halogens is 2. The van der Waals surface area contributed by atoms with Crippen molar-refractivity contribution in [3.05, 3.63) is 58.1 Å². The minimum absolute atomic E-state index is 0.0255. The molecular formula is C12H8F2N2O2S. The number of para-hydroxylation sites is 1. The summed E-state index contributed by atoms with van der Waals surface area (Å²) in [5.74, 6) is -1.97. The molecule has 2 aromatic rings. The number of nitro benzene ring substituents is 1. The van der Waals surface area contributed by atoms with Gasteiger partial charge in [-0.15, -0.1) is 0 Å². The van der Waals surface area contributed by atoms with Crippen LogP contribution in [-0.2, 0) is 0 Å². The third-order valence-corrected chi connectivity index (χ3v) is 3.37. The van der Waals surface area contributed by atoms with E-state index in [1.807, 2.05) is 0 Å². The number of nitrogens with two attached hydrogens (primary N) is 1. The fourth-order valence-electron chi connectivity index (χ4n) is 1.48. The van der Waals surface area contributed by atoms with Crippen LogP contribution in [0.5, 0.6) is 0 Å². The average molecular weight is 282 g/mol. The minimum atomic E-state index is -1.00. The number of hydrogen-bond acceptors (Lipinski definition) is 4. The van der Waals surface area contributed by atoms with E-state index in [4.69, 9.17) is 5.73 Å². The number of benzene rings is 2. The van der Waals surface area contributed by atoms with Gasteiger partial charge in [0.15, 0.2) is 11.6 Å². The van der Waals surface area contributed by atoms with Gasteiger partial charge in [-0.05, 0) is 30.3 Å². The van der Waals surface area contributed by atoms with Crippen LogP contribution in [0, 0.1) is 21.7 Å². The molecule has 98 valence electrons. The quantitative estimate of drug-likeness (QED) is 0.530. The summed E-state index contributed by atoms with van der Waals surface area (Å²) in [6.07, 6.45) is 0. The maximum absolute atomic E-state index is 13.1. The summed E-state index contributed by atoms with van der Waals surface area (Å²) in [6.45, 7) is 0. The Labute approximate surface area is 111 Å². The highest BCUT2D eigenvalue weighted by Crippen LogP contribution is 2.38. The first-order chi connectivity index (χ1) is 8.99. The molecule has 0 aliphatic carbocycles. The fraction of sp³-hybridized carbons (Fsp3) is 0. The molecule has 0 heterocycles. The molecule has 0 aliphatic heterocycles. The van der Waals surface area contributed by atoms with Gasteiger partial charge in [0.25, 0.3) is 0 Å². The van der Waals surface area contributed by atoms with Crippen LogP contribution in [0.4, 0.5) is 20.2 Å². The summed E-state index contributed by atoms with van der Waals surface area (Å²) in [5, 5.41) is 10.9. The first-order valence-corrected chi connectivity index (χ1v) is 5.96. The van der Waals surface area contributed by atoms with Crippen LogP contribution in [-0.4, -0.2) is 4.92 Å². The first-order valence-electron chi connectivity index (χ1n) is 5.15. The van der Waals surface area contributed by atoms with Crippen LogP contribution in [0.15, 0.2) is 46.2 Å². The third kappa shape index (κ3) is 2.82. The lowest BCUT2D eigenvalue weighted by molar-refractivity contribution is -0.386. The molecule has 0 spiro atoms. The molecule has 2 aromatic carbocycles. The maximum atomic E-state index is 13.1. The van der Waals surface area contributed by atoms with E-state index in [9.17, 15) is 18.9 Å². The molecule has 0 aliphatic rings. The number of rotatable bonds is 3. The van der Waals surface area contributed by atoms with E-state index < -0.39 is 16.6 Å². The minimum Gasteiger partial charge on any atom is -0.393 e. The van der Waals surface area contributed by atoms with E-state index in [0.717, 1.165) is 23.9 Å². The van der Waals surface area contributed by atoms with Crippen LogP contribution in [0.2, 0.25) is 0 Å². The molecule has 19 heavy (non-hydrogen) atoms. The second-order valence-corrected chi connectivity index (χ2v) is 4.74. The van der Waals surface area contributed by atoms with Crippen LogP contribution < -0.4 is 5.73 Å². The highest BCUT2D eigenvalue weighted by Gasteiger charge is 2.18. The van der Waals surface area contributed by atoms with Crippen molar-refractivity contribution in [1.29, 1.82) is 0 Å². The van der Waals surface area contributed by atoms with Crippen molar-refractivity contribution < 1.29 is 13.7 Å². The zero-order chi connectivity index (χ0) is 14.0. The van der Waals surface area contributed by atoms with E-state index in [-0.39, 0.29) is 16.3 Å². The van der Waals surface area contributed by atoms with Crippen LogP contribution in [0.25, 0.3) is 0 Å². The maximum Gasteiger partial charge on any atom is 0.305 e. The van der Waals surface area contributed by atoms with Gasteiger partial charge in [-0.1, -0.05) is 17.8 Å². The van der Waals surface area contributed by atoms with Crippen LogP contribution in [0.1, 0.15) is 0 Å². The SMILES string of the molecule is Nc1cccc(Sc2ccc(F)c(F)c2)c1[N+](=O)[O-]. The molecule has 0 radical (unpaired) electrons. The summed E-state index contributed by atoms with van der Waals surface area (Å²) in [7, 11) is 0. The predicted molar refractivity (Wildman–Crippen MR) is 68.0 cm³/mol. The predicted octanol–water partition coefficient (Wildman–Crippen LogP) is 3.61. The van der Waals surface area contributed by atoms with Crippen molar-refractivity contribution in [2.24, 2.45) is 0 Å². The Morgan fingerprint density at radius 1 is 1.16 bits per heavy atom. The van der Waals surface area contributed by atoms with Gasteiger partial charge in [-0.3, -0.25) is 10.1 Å². The fourth-order valence-corrected chi connectivity index (χ4v) is 2.47. The van der Waals surface area contributed by atoms with E-state index >= 15 is 0 Å². The number of hydrogen-bond donors (Lipinski definition) is 1. The monoisotopic (exact) mass is 282 g/mol. The average Bonchev–Trinajstić information content (AvgIpc) is 2.33. The van der Waals surface area contributed by atoms with Gasteiger partial charge in [0, 0.05) is 4.90 Å². The molecule has 0 aromatic heterocycles. The highest BCUT2D eigenvalue weighted by atomic mass is 32.2. The second kappa shape index (κ2) is 5.23. The van der Waals surface area contributed by atoms with Crippen molar-refractivity contribution in [2.75, 3.05) is 5.73 Å². The number of anilines is 1. The standard InChI is InChI=1S/C12H8F2N2O2S/c13-8-5-4-7(6-9(8)14)19-11-3-1-2-10(15)12(11)16(17)18/h1-6H,15H2. The Bertz CT molecular complexity index is 650. The topological polar surface area (TPSA) is 69.2 Å². The van der Waals surface area contributed by atoms with Gasteiger partial charge in [0.1, 0.15) is 5.69 Å². The molecule has 0 bridgehead atoms. The molecule has 2 rings (SSSR count). The molecule has 0 atom stereocenters. The Hall–Kier alpha value is -2.15. The molecule has 0 unspecified atom stereocenters. The zero-order valence-electron chi connectivity index (χ0n) is 9.47. The van der Waals surface area contributed by atoms with E-state index in [1.54, 1.807) is 6.07 Å². The van der Waals surface area contributed by atoms with Gasteiger partial charge in [-0.25, -0.2) is 8.78 Å². The van der Waals surface area contributed by atoms with Crippen LogP contribution in [0.3, 0.4) is 0 Å². The third-order valence-electron chi connectivity index (χ3n) is 2.33. The van der Waals surface area contributed by atoms with E-state index in [1.165, 1.54) is 18.2 Å². The second-order valence-electron chi connectivity index (χ2n) is 3.63. The molecule has 0 saturated heterocycles. The Morgan fingerprint density at radius 3 is 2.53 bits per heavy atom. The van der Waals surface area contributed by atoms with Crippen molar-refractivity contribution in [3.63, 3.8) is 0 Å². The Morgan fingerprint density at radius 2 is 1.89 bits per heavy atom. The molecule has 0 fully saturated rings. The van der Waals surface area contributed by atoms with Gasteiger partial charge in [0.05, 0.1) is 9.82 Å². The zero-order valence-corrected chi connectivity index (χ0v) is 10.3. The molecule has 0 amide bonds. The van der Waals surface area contributed by atoms with Gasteiger partial charge in [0.2, 0.25) is 0 Å². The van der Waals surface area contributed by atoms with Crippen molar-refractivity contribution >= 4 is 23.1 Å². The molecule has 2 N–H and O–H groups in total. The van der Waals surface area contributed by atoms with Gasteiger partial charge in [-0.2, -0.15) is 0 Å². The first kappa shape index (κ1) is 13.3. The van der Waals surface area contributed by atoms with Crippen molar-refractivity contribution in [3.8, 4) is 0 Å². The smallest absolute Gasteiger partial charge is 0.305 e. The molecule has 4 nitrogen and oxygen atoms in total. The number of nitrogen functional groups attached to an aromatic ring is 1. The molecule has 7 heteroatoms. The summed E-state index contributed by atoms with van der Waals surface area (Å²) >= 11 is 0.951. The number of nitro groups is 1. The Kier molecular flexibility index (Phi) is 3.66. The van der Waals surface area contributed by atoms with E-state index in [0.29, 0.717) is 4.90 Å². The van der Waals surface area contributed by atoms with Gasteiger partial charge >= 0.3 is 5.69 Å². The molecular weight excluding hydrogens is 274 g/mol. The lowest BCUT2D eigenvalue weighted by Crippen LogP contribution is -1.97. The van der Waals surface area contributed by atoms with Gasteiger partial charge < -0.3 is 5.73 Å². The van der Waals surface area contributed by atoms with Crippen LogP contribution >= 0.6 is 11.8 Å².